The largest absolute Gasteiger partial charge is 0.366 e. The van der Waals surface area contributed by atoms with Crippen LogP contribution in [0.3, 0.4) is 0 Å². The number of benzene rings is 1. The van der Waals surface area contributed by atoms with Crippen LogP contribution in [0.15, 0.2) is 54.9 Å². The first-order valence-electron chi connectivity index (χ1n) is 9.30. The Morgan fingerprint density at radius 3 is 2.70 bits per heavy atom. The van der Waals surface area contributed by atoms with Crippen LogP contribution < -0.4 is 10.6 Å². The lowest BCUT2D eigenvalue weighted by Crippen LogP contribution is -2.17. The molecule has 138 valence electrons. The minimum Gasteiger partial charge on any atom is -0.366 e. The van der Waals surface area contributed by atoms with Gasteiger partial charge in [0.05, 0.1) is 5.69 Å². The van der Waals surface area contributed by atoms with Gasteiger partial charge in [-0.25, -0.2) is 9.37 Å². The van der Waals surface area contributed by atoms with E-state index in [0.717, 1.165) is 29.7 Å². The highest BCUT2D eigenvalue weighted by Gasteiger charge is 2.16. The van der Waals surface area contributed by atoms with E-state index in [1.54, 1.807) is 18.5 Å². The number of nitrogens with zero attached hydrogens (tertiary/aromatic N) is 3. The van der Waals surface area contributed by atoms with Gasteiger partial charge in [-0.1, -0.05) is 25.0 Å². The van der Waals surface area contributed by atoms with Crippen molar-refractivity contribution in [3.8, 4) is 11.3 Å². The van der Waals surface area contributed by atoms with Gasteiger partial charge in [-0.3, -0.25) is 4.98 Å². The lowest BCUT2D eigenvalue weighted by Gasteiger charge is -2.15. The van der Waals surface area contributed by atoms with Crippen molar-refractivity contribution < 1.29 is 4.39 Å². The summed E-state index contributed by atoms with van der Waals surface area (Å²) in [5.74, 6) is 1.08. The van der Waals surface area contributed by atoms with E-state index in [-0.39, 0.29) is 5.82 Å². The van der Waals surface area contributed by atoms with E-state index in [1.165, 1.54) is 25.0 Å². The Kier molecular flexibility index (Phi) is 5.23. The summed E-state index contributed by atoms with van der Waals surface area (Å²) in [6.45, 7) is 0.490. The average Bonchev–Trinajstić information content (AvgIpc) is 3.20. The van der Waals surface area contributed by atoms with Crippen LogP contribution in [-0.4, -0.2) is 21.0 Å². The molecule has 4 rings (SSSR count). The Balaban J connectivity index is 1.58. The van der Waals surface area contributed by atoms with E-state index in [0.29, 0.717) is 24.4 Å². The third-order valence-electron chi connectivity index (χ3n) is 4.73. The normalized spacial score (nSPS) is 14.3. The molecular formula is C21H22FN5. The number of hydrogen-bond acceptors (Lipinski definition) is 5. The van der Waals surface area contributed by atoms with E-state index >= 15 is 0 Å². The van der Waals surface area contributed by atoms with Gasteiger partial charge in [-0.15, -0.1) is 0 Å². The molecule has 0 radical (unpaired) electrons. The zero-order chi connectivity index (χ0) is 18.5. The van der Waals surface area contributed by atoms with Gasteiger partial charge >= 0.3 is 0 Å². The van der Waals surface area contributed by atoms with Crippen molar-refractivity contribution in [2.45, 2.75) is 38.3 Å². The predicted molar refractivity (Wildman–Crippen MR) is 105 cm³/mol. The van der Waals surface area contributed by atoms with Crippen molar-refractivity contribution in [1.82, 2.24) is 15.0 Å². The van der Waals surface area contributed by atoms with Gasteiger partial charge in [0, 0.05) is 36.6 Å². The number of nitrogens with one attached hydrogen (secondary N) is 2. The average molecular weight is 363 g/mol. The standard InChI is InChI=1S/C21H22FN5/c22-17-7-3-5-15(11-17)13-24-20-12-19(16-6-4-10-23-14-16)26-21(27-20)25-18-8-1-2-9-18/h3-7,10-12,14,18H,1-2,8-9,13H2,(H2,24,25,26,27). The van der Waals surface area contributed by atoms with Gasteiger partial charge in [0.15, 0.2) is 0 Å². The smallest absolute Gasteiger partial charge is 0.225 e. The maximum Gasteiger partial charge on any atom is 0.225 e. The van der Waals surface area contributed by atoms with Crippen molar-refractivity contribution in [2.75, 3.05) is 10.6 Å². The second-order valence-corrected chi connectivity index (χ2v) is 6.81. The molecule has 2 aromatic heterocycles. The molecule has 3 aromatic rings. The summed E-state index contributed by atoms with van der Waals surface area (Å²) in [6, 6.07) is 12.7. The lowest BCUT2D eigenvalue weighted by molar-refractivity contribution is 0.626. The maximum absolute atomic E-state index is 13.4. The van der Waals surface area contributed by atoms with Crippen molar-refractivity contribution >= 4 is 11.8 Å². The lowest BCUT2D eigenvalue weighted by atomic mass is 10.2. The molecule has 2 N–H and O–H groups in total. The Bertz CT molecular complexity index is 894. The summed E-state index contributed by atoms with van der Waals surface area (Å²) in [4.78, 5) is 13.5. The van der Waals surface area contributed by atoms with E-state index in [2.05, 4.69) is 25.6 Å². The molecule has 6 heteroatoms. The van der Waals surface area contributed by atoms with Gasteiger partial charge in [0.2, 0.25) is 5.95 Å². The monoisotopic (exact) mass is 363 g/mol. The zero-order valence-electron chi connectivity index (χ0n) is 15.0. The number of aromatic nitrogens is 3. The Hall–Kier alpha value is -3.02. The second-order valence-electron chi connectivity index (χ2n) is 6.81. The predicted octanol–water partition coefficient (Wildman–Crippen LogP) is 4.64. The fourth-order valence-electron chi connectivity index (χ4n) is 3.36. The SMILES string of the molecule is Fc1cccc(CNc2cc(-c3cccnc3)nc(NC3CCCC3)n2)c1. The van der Waals surface area contributed by atoms with Crippen LogP contribution in [0.2, 0.25) is 0 Å². The third-order valence-corrected chi connectivity index (χ3v) is 4.73. The molecule has 0 unspecified atom stereocenters. The molecule has 0 amide bonds. The van der Waals surface area contributed by atoms with Crippen LogP contribution in [0.4, 0.5) is 16.2 Å². The van der Waals surface area contributed by atoms with Crippen molar-refractivity contribution in [2.24, 2.45) is 0 Å². The summed E-state index contributed by atoms with van der Waals surface area (Å²) in [7, 11) is 0. The molecule has 0 atom stereocenters. The molecular weight excluding hydrogens is 341 g/mol. The van der Waals surface area contributed by atoms with Crippen molar-refractivity contribution in [3.05, 3.63) is 66.2 Å². The quantitative estimate of drug-likeness (QED) is 0.668. The molecule has 1 aliphatic rings. The van der Waals surface area contributed by atoms with E-state index < -0.39 is 0 Å². The van der Waals surface area contributed by atoms with Crippen LogP contribution in [0.25, 0.3) is 11.3 Å². The van der Waals surface area contributed by atoms with Crippen molar-refractivity contribution in [1.29, 1.82) is 0 Å². The molecule has 0 saturated heterocycles. The molecule has 1 fully saturated rings. The number of rotatable bonds is 6. The molecule has 1 aliphatic carbocycles. The number of halogens is 1. The second kappa shape index (κ2) is 8.12. The minimum absolute atomic E-state index is 0.239. The van der Waals surface area contributed by atoms with Gasteiger partial charge in [0.1, 0.15) is 11.6 Å². The van der Waals surface area contributed by atoms with E-state index in [1.807, 2.05) is 24.3 Å². The van der Waals surface area contributed by atoms with Gasteiger partial charge in [-0.2, -0.15) is 4.98 Å². The highest BCUT2D eigenvalue weighted by atomic mass is 19.1. The molecule has 0 spiro atoms. The van der Waals surface area contributed by atoms with Crippen LogP contribution in [0.1, 0.15) is 31.2 Å². The summed E-state index contributed by atoms with van der Waals surface area (Å²) >= 11 is 0. The van der Waals surface area contributed by atoms with Crippen LogP contribution in [0, 0.1) is 5.82 Å². The van der Waals surface area contributed by atoms with E-state index in [9.17, 15) is 4.39 Å². The first-order chi connectivity index (χ1) is 13.3. The van der Waals surface area contributed by atoms with Crippen LogP contribution >= 0.6 is 0 Å². The fraction of sp³-hybridized carbons (Fsp3) is 0.286. The summed E-state index contributed by atoms with van der Waals surface area (Å²) < 4.78 is 13.4. The number of hydrogen-bond donors (Lipinski definition) is 2. The number of pyridine rings is 1. The van der Waals surface area contributed by atoms with Gasteiger partial charge in [0.25, 0.3) is 0 Å². The molecule has 0 aliphatic heterocycles. The molecule has 2 heterocycles. The zero-order valence-corrected chi connectivity index (χ0v) is 15.0. The first kappa shape index (κ1) is 17.4. The van der Waals surface area contributed by atoms with Crippen LogP contribution in [0.5, 0.6) is 0 Å². The highest BCUT2D eigenvalue weighted by molar-refractivity contribution is 5.63. The Morgan fingerprint density at radius 2 is 1.93 bits per heavy atom. The maximum atomic E-state index is 13.4. The highest BCUT2D eigenvalue weighted by Crippen LogP contribution is 2.24. The van der Waals surface area contributed by atoms with Gasteiger partial charge in [-0.05, 0) is 42.7 Å². The summed E-state index contributed by atoms with van der Waals surface area (Å²) in [5, 5.41) is 6.74. The summed E-state index contributed by atoms with van der Waals surface area (Å²) in [6.07, 6.45) is 8.30. The Labute approximate surface area is 158 Å². The number of anilines is 2. The molecule has 27 heavy (non-hydrogen) atoms. The van der Waals surface area contributed by atoms with E-state index in [4.69, 9.17) is 0 Å². The van der Waals surface area contributed by atoms with Crippen molar-refractivity contribution in [3.63, 3.8) is 0 Å². The minimum atomic E-state index is -0.239. The first-order valence-corrected chi connectivity index (χ1v) is 9.30. The summed E-state index contributed by atoms with van der Waals surface area (Å²) in [5.41, 5.74) is 2.60. The molecule has 1 saturated carbocycles. The molecule has 5 nitrogen and oxygen atoms in total. The van der Waals surface area contributed by atoms with Gasteiger partial charge < -0.3 is 10.6 Å². The fourth-order valence-corrected chi connectivity index (χ4v) is 3.36. The van der Waals surface area contributed by atoms with Crippen LogP contribution in [-0.2, 0) is 6.54 Å². The Morgan fingerprint density at radius 1 is 1.04 bits per heavy atom. The topological polar surface area (TPSA) is 62.7 Å². The molecule has 0 bridgehead atoms. The third kappa shape index (κ3) is 4.58. The molecule has 1 aromatic carbocycles.